The Bertz CT molecular complexity index is 273. The molecule has 1 fully saturated rings. The standard InChI is InChI=1S/C17H31NO2/c1-2-3-4-5-6-7-8-9-10-11-15-18-16(19)13-12-14-17(18)20/h2-15H2,1H3. The third-order valence-electron chi connectivity index (χ3n) is 4.12. The molecule has 20 heavy (non-hydrogen) atoms. The summed E-state index contributed by atoms with van der Waals surface area (Å²) in [5, 5.41) is 0. The van der Waals surface area contributed by atoms with Crippen LogP contribution in [0.5, 0.6) is 0 Å². The van der Waals surface area contributed by atoms with Gasteiger partial charge >= 0.3 is 0 Å². The molecule has 0 atom stereocenters. The highest BCUT2D eigenvalue weighted by molar-refractivity contribution is 5.97. The average molecular weight is 281 g/mol. The first-order valence-electron chi connectivity index (χ1n) is 8.59. The van der Waals surface area contributed by atoms with Gasteiger partial charge in [-0.2, -0.15) is 0 Å². The number of unbranched alkanes of at least 4 members (excludes halogenated alkanes) is 9. The summed E-state index contributed by atoms with van der Waals surface area (Å²) >= 11 is 0. The van der Waals surface area contributed by atoms with Crippen LogP contribution in [0, 0.1) is 0 Å². The van der Waals surface area contributed by atoms with Gasteiger partial charge in [0.05, 0.1) is 0 Å². The van der Waals surface area contributed by atoms with Gasteiger partial charge in [-0.3, -0.25) is 14.5 Å². The summed E-state index contributed by atoms with van der Waals surface area (Å²) in [6, 6.07) is 0. The van der Waals surface area contributed by atoms with Crippen molar-refractivity contribution in [2.45, 2.75) is 90.4 Å². The minimum absolute atomic E-state index is 0.0391. The molecule has 0 saturated carbocycles. The van der Waals surface area contributed by atoms with E-state index in [0.717, 1.165) is 19.3 Å². The first-order valence-corrected chi connectivity index (χ1v) is 8.59. The predicted molar refractivity (Wildman–Crippen MR) is 82.4 cm³/mol. The molecule has 0 bridgehead atoms. The molecular weight excluding hydrogens is 250 g/mol. The normalized spacial score (nSPS) is 15.9. The first-order chi connectivity index (χ1) is 9.75. The zero-order valence-corrected chi connectivity index (χ0v) is 13.2. The lowest BCUT2D eigenvalue weighted by molar-refractivity contribution is -0.147. The summed E-state index contributed by atoms with van der Waals surface area (Å²) in [6.07, 6.45) is 14.7. The van der Waals surface area contributed by atoms with Gasteiger partial charge in [0.1, 0.15) is 0 Å². The highest BCUT2D eigenvalue weighted by atomic mass is 16.2. The van der Waals surface area contributed by atoms with Crippen LogP contribution >= 0.6 is 0 Å². The smallest absolute Gasteiger partial charge is 0.229 e. The Balaban J connectivity index is 1.91. The molecule has 0 unspecified atom stereocenters. The number of piperidine rings is 1. The average Bonchev–Trinajstić information content (AvgIpc) is 2.43. The van der Waals surface area contributed by atoms with E-state index in [1.165, 1.54) is 56.3 Å². The molecule has 0 aromatic heterocycles. The monoisotopic (exact) mass is 281 g/mol. The van der Waals surface area contributed by atoms with Crippen molar-refractivity contribution in [1.82, 2.24) is 4.90 Å². The number of carbonyl (C=O) groups excluding carboxylic acids is 2. The van der Waals surface area contributed by atoms with Gasteiger partial charge in [0.25, 0.3) is 0 Å². The van der Waals surface area contributed by atoms with E-state index in [2.05, 4.69) is 6.92 Å². The molecule has 0 aromatic rings. The van der Waals surface area contributed by atoms with E-state index in [-0.39, 0.29) is 11.8 Å². The molecule has 1 heterocycles. The molecule has 0 aromatic carbocycles. The number of rotatable bonds is 11. The summed E-state index contributed by atoms with van der Waals surface area (Å²) in [4.78, 5) is 24.7. The van der Waals surface area contributed by atoms with Crippen LogP contribution in [-0.4, -0.2) is 23.3 Å². The van der Waals surface area contributed by atoms with Crippen LogP contribution in [0.3, 0.4) is 0 Å². The molecule has 1 aliphatic heterocycles. The van der Waals surface area contributed by atoms with E-state index in [4.69, 9.17) is 0 Å². The van der Waals surface area contributed by atoms with Crippen molar-refractivity contribution in [3.8, 4) is 0 Å². The molecule has 2 amide bonds. The lowest BCUT2D eigenvalue weighted by atomic mass is 10.1. The van der Waals surface area contributed by atoms with Crippen LogP contribution in [0.4, 0.5) is 0 Å². The number of nitrogens with zero attached hydrogens (tertiary/aromatic N) is 1. The van der Waals surface area contributed by atoms with E-state index >= 15 is 0 Å². The fourth-order valence-corrected chi connectivity index (χ4v) is 2.81. The van der Waals surface area contributed by atoms with Gasteiger partial charge in [0.2, 0.25) is 11.8 Å². The van der Waals surface area contributed by atoms with Gasteiger partial charge < -0.3 is 0 Å². The molecule has 1 aliphatic rings. The fourth-order valence-electron chi connectivity index (χ4n) is 2.81. The van der Waals surface area contributed by atoms with Crippen molar-refractivity contribution in [2.24, 2.45) is 0 Å². The fraction of sp³-hybridized carbons (Fsp3) is 0.882. The SMILES string of the molecule is CCCCCCCCCCCCN1C(=O)CCCC1=O. The Labute approximate surface area is 124 Å². The maximum Gasteiger partial charge on any atom is 0.229 e. The molecule has 0 aliphatic carbocycles. The highest BCUT2D eigenvalue weighted by Gasteiger charge is 2.24. The maximum atomic E-state index is 11.6. The number of carbonyl (C=O) groups is 2. The largest absolute Gasteiger partial charge is 0.283 e. The van der Waals surface area contributed by atoms with Crippen molar-refractivity contribution in [3.05, 3.63) is 0 Å². The molecule has 0 N–H and O–H groups in total. The second-order valence-electron chi connectivity index (χ2n) is 5.97. The zero-order valence-electron chi connectivity index (χ0n) is 13.2. The predicted octanol–water partition coefficient (Wildman–Crippen LogP) is 4.45. The first kappa shape index (κ1) is 17.2. The Morgan fingerprint density at radius 2 is 1.20 bits per heavy atom. The molecule has 116 valence electrons. The molecular formula is C17H31NO2. The second kappa shape index (κ2) is 10.9. The molecule has 3 nitrogen and oxygen atoms in total. The third kappa shape index (κ3) is 7.06. The summed E-state index contributed by atoms with van der Waals surface area (Å²) in [7, 11) is 0. The third-order valence-corrected chi connectivity index (χ3v) is 4.12. The number of amides is 2. The van der Waals surface area contributed by atoms with Crippen LogP contribution in [-0.2, 0) is 9.59 Å². The van der Waals surface area contributed by atoms with Crippen molar-refractivity contribution in [3.63, 3.8) is 0 Å². The van der Waals surface area contributed by atoms with E-state index < -0.39 is 0 Å². The number of imide groups is 1. The topological polar surface area (TPSA) is 37.4 Å². The molecule has 1 saturated heterocycles. The van der Waals surface area contributed by atoms with Gasteiger partial charge in [-0.25, -0.2) is 0 Å². The van der Waals surface area contributed by atoms with Gasteiger partial charge in [-0.05, 0) is 12.8 Å². The van der Waals surface area contributed by atoms with E-state index in [1.807, 2.05) is 0 Å². The van der Waals surface area contributed by atoms with Crippen molar-refractivity contribution < 1.29 is 9.59 Å². The second-order valence-corrected chi connectivity index (χ2v) is 5.97. The Kier molecular flexibility index (Phi) is 9.35. The zero-order chi connectivity index (χ0) is 14.6. The van der Waals surface area contributed by atoms with Crippen LogP contribution in [0.25, 0.3) is 0 Å². The Hall–Kier alpha value is -0.860. The van der Waals surface area contributed by atoms with Gasteiger partial charge in [-0.15, -0.1) is 0 Å². The van der Waals surface area contributed by atoms with Crippen molar-refractivity contribution >= 4 is 11.8 Å². The minimum atomic E-state index is 0.0391. The van der Waals surface area contributed by atoms with Gasteiger partial charge in [-0.1, -0.05) is 64.7 Å². The van der Waals surface area contributed by atoms with Gasteiger partial charge in [0.15, 0.2) is 0 Å². The summed E-state index contributed by atoms with van der Waals surface area (Å²) in [6.45, 7) is 2.89. The lowest BCUT2D eigenvalue weighted by Gasteiger charge is -2.24. The quantitative estimate of drug-likeness (QED) is 0.414. The highest BCUT2D eigenvalue weighted by Crippen LogP contribution is 2.14. The number of hydrogen-bond acceptors (Lipinski definition) is 2. The van der Waals surface area contributed by atoms with Crippen molar-refractivity contribution in [1.29, 1.82) is 0 Å². The number of likely N-dealkylation sites (tertiary alicyclic amines) is 1. The van der Waals surface area contributed by atoms with Crippen molar-refractivity contribution in [2.75, 3.05) is 6.54 Å². The minimum Gasteiger partial charge on any atom is -0.283 e. The van der Waals surface area contributed by atoms with Crippen LogP contribution < -0.4 is 0 Å². The molecule has 0 spiro atoms. The number of hydrogen-bond donors (Lipinski definition) is 0. The van der Waals surface area contributed by atoms with E-state index in [1.54, 1.807) is 0 Å². The lowest BCUT2D eigenvalue weighted by Crippen LogP contribution is -2.40. The van der Waals surface area contributed by atoms with Crippen LogP contribution in [0.2, 0.25) is 0 Å². The van der Waals surface area contributed by atoms with E-state index in [0.29, 0.717) is 19.4 Å². The Morgan fingerprint density at radius 3 is 1.70 bits per heavy atom. The summed E-state index contributed by atoms with van der Waals surface area (Å²) < 4.78 is 0. The van der Waals surface area contributed by atoms with Crippen LogP contribution in [0.15, 0.2) is 0 Å². The molecule has 1 rings (SSSR count). The Morgan fingerprint density at radius 1 is 0.750 bits per heavy atom. The van der Waals surface area contributed by atoms with E-state index in [9.17, 15) is 9.59 Å². The summed E-state index contributed by atoms with van der Waals surface area (Å²) in [5.74, 6) is 0.0781. The van der Waals surface area contributed by atoms with Gasteiger partial charge in [0, 0.05) is 19.4 Å². The summed E-state index contributed by atoms with van der Waals surface area (Å²) in [5.41, 5.74) is 0. The molecule has 0 radical (unpaired) electrons. The van der Waals surface area contributed by atoms with Crippen LogP contribution in [0.1, 0.15) is 90.4 Å². The molecule has 3 heteroatoms. The maximum absolute atomic E-state index is 11.6.